The van der Waals surface area contributed by atoms with Crippen molar-refractivity contribution in [3.63, 3.8) is 0 Å². The lowest BCUT2D eigenvalue weighted by Gasteiger charge is -2.06. The number of halogens is 3. The molecule has 0 fully saturated rings. The summed E-state index contributed by atoms with van der Waals surface area (Å²) in [5.41, 5.74) is -1.000. The van der Waals surface area contributed by atoms with Crippen molar-refractivity contribution in [2.24, 2.45) is 0 Å². The van der Waals surface area contributed by atoms with Crippen LogP contribution in [0.25, 0.3) is 0 Å². The van der Waals surface area contributed by atoms with Gasteiger partial charge in [0.1, 0.15) is 5.75 Å². The lowest BCUT2D eigenvalue weighted by Crippen LogP contribution is -2.04. The van der Waals surface area contributed by atoms with Crippen LogP contribution in [0, 0.1) is 0 Å². The van der Waals surface area contributed by atoms with Gasteiger partial charge in [0.2, 0.25) is 0 Å². The summed E-state index contributed by atoms with van der Waals surface area (Å²) in [5, 5.41) is 15.6. The van der Waals surface area contributed by atoms with Crippen LogP contribution in [-0.2, 0) is 11.0 Å². The van der Waals surface area contributed by atoms with Crippen molar-refractivity contribution in [2.45, 2.75) is 6.18 Å². The van der Waals surface area contributed by atoms with E-state index in [4.69, 9.17) is 15.0 Å². The minimum atomic E-state index is -4.47. The number of benzene rings is 1. The minimum Gasteiger partial charge on any atom is -0.507 e. The van der Waals surface area contributed by atoms with Gasteiger partial charge in [0.25, 0.3) is 6.47 Å². The molecule has 1 rings (SSSR count). The van der Waals surface area contributed by atoms with Crippen molar-refractivity contribution >= 4 is 6.47 Å². The Balaban J connectivity index is 0.000000500. The zero-order chi connectivity index (χ0) is 11.2. The third-order valence-electron chi connectivity index (χ3n) is 1.21. The smallest absolute Gasteiger partial charge is 0.419 e. The van der Waals surface area contributed by atoms with Crippen LogP contribution >= 0.6 is 0 Å². The van der Waals surface area contributed by atoms with E-state index >= 15 is 0 Å². The van der Waals surface area contributed by atoms with Gasteiger partial charge in [-0.2, -0.15) is 13.2 Å². The highest BCUT2D eigenvalue weighted by Crippen LogP contribution is 2.34. The second kappa shape index (κ2) is 5.11. The Morgan fingerprint density at radius 3 is 1.93 bits per heavy atom. The van der Waals surface area contributed by atoms with Gasteiger partial charge in [0.05, 0.1) is 5.56 Å². The molecule has 0 saturated carbocycles. The average Bonchev–Trinajstić information content (AvgIpc) is 2.04. The number of carboxylic acid groups (broad SMARTS) is 1. The van der Waals surface area contributed by atoms with Crippen LogP contribution in [-0.4, -0.2) is 16.7 Å². The van der Waals surface area contributed by atoms with Crippen molar-refractivity contribution in [3.8, 4) is 5.75 Å². The van der Waals surface area contributed by atoms with Gasteiger partial charge < -0.3 is 10.2 Å². The Kier molecular flexibility index (Phi) is 4.48. The topological polar surface area (TPSA) is 57.5 Å². The molecule has 0 atom stereocenters. The van der Waals surface area contributed by atoms with Gasteiger partial charge in [-0.1, -0.05) is 12.1 Å². The van der Waals surface area contributed by atoms with Crippen LogP contribution in [0.3, 0.4) is 0 Å². The van der Waals surface area contributed by atoms with E-state index in [0.29, 0.717) is 0 Å². The van der Waals surface area contributed by atoms with Crippen molar-refractivity contribution in [1.29, 1.82) is 0 Å². The van der Waals surface area contributed by atoms with E-state index in [1.807, 2.05) is 0 Å². The zero-order valence-corrected chi connectivity index (χ0v) is 6.82. The third-order valence-corrected chi connectivity index (χ3v) is 1.21. The standard InChI is InChI=1S/C7H5F3O.CH2O2/c8-7(9,10)5-3-1-2-4-6(5)11;2-1-3/h1-4,11H;1H,(H,2,3). The molecule has 0 saturated heterocycles. The molecule has 0 bridgehead atoms. The Morgan fingerprint density at radius 1 is 1.21 bits per heavy atom. The first-order valence-electron chi connectivity index (χ1n) is 3.36. The fraction of sp³-hybridized carbons (Fsp3) is 0.125. The van der Waals surface area contributed by atoms with Crippen molar-refractivity contribution in [1.82, 2.24) is 0 Å². The number of para-hydroxylation sites is 1. The van der Waals surface area contributed by atoms with Crippen LogP contribution in [0.15, 0.2) is 24.3 Å². The maximum absolute atomic E-state index is 11.9. The summed E-state index contributed by atoms with van der Waals surface area (Å²) >= 11 is 0. The molecule has 0 amide bonds. The van der Waals surface area contributed by atoms with Crippen molar-refractivity contribution < 1.29 is 28.2 Å². The summed E-state index contributed by atoms with van der Waals surface area (Å²) in [4.78, 5) is 8.36. The second-order valence-corrected chi connectivity index (χ2v) is 2.12. The predicted molar refractivity (Wildman–Crippen MR) is 41.8 cm³/mol. The first-order chi connectivity index (χ1) is 6.43. The lowest BCUT2D eigenvalue weighted by atomic mass is 10.2. The fourth-order valence-corrected chi connectivity index (χ4v) is 0.713. The van der Waals surface area contributed by atoms with E-state index in [9.17, 15) is 13.2 Å². The molecule has 0 spiro atoms. The SMILES string of the molecule is O=CO.Oc1ccccc1C(F)(F)F. The van der Waals surface area contributed by atoms with Crippen LogP contribution in [0.4, 0.5) is 13.2 Å². The second-order valence-electron chi connectivity index (χ2n) is 2.12. The molecule has 0 aliphatic heterocycles. The van der Waals surface area contributed by atoms with Gasteiger partial charge in [0.15, 0.2) is 0 Å². The minimum absolute atomic E-state index is 0.250. The van der Waals surface area contributed by atoms with Crippen LogP contribution in [0.2, 0.25) is 0 Å². The van der Waals surface area contributed by atoms with Gasteiger partial charge in [-0.3, -0.25) is 4.79 Å². The van der Waals surface area contributed by atoms with Crippen LogP contribution < -0.4 is 0 Å². The van der Waals surface area contributed by atoms with Crippen molar-refractivity contribution in [2.75, 3.05) is 0 Å². The Hall–Kier alpha value is -1.72. The number of aromatic hydroxyl groups is 1. The molecule has 0 aliphatic rings. The van der Waals surface area contributed by atoms with Gasteiger partial charge >= 0.3 is 6.18 Å². The van der Waals surface area contributed by atoms with E-state index in [1.165, 1.54) is 12.1 Å². The molecule has 14 heavy (non-hydrogen) atoms. The summed E-state index contributed by atoms with van der Waals surface area (Å²) in [6.45, 7) is -0.250. The molecule has 0 radical (unpaired) electrons. The van der Waals surface area contributed by atoms with E-state index in [-0.39, 0.29) is 6.47 Å². The van der Waals surface area contributed by atoms with E-state index < -0.39 is 17.5 Å². The summed E-state index contributed by atoms with van der Waals surface area (Å²) in [6.07, 6.45) is -4.47. The monoisotopic (exact) mass is 208 g/mol. The fourth-order valence-electron chi connectivity index (χ4n) is 0.713. The normalized spacial score (nSPS) is 9.93. The zero-order valence-electron chi connectivity index (χ0n) is 6.82. The molecular weight excluding hydrogens is 201 g/mol. The van der Waals surface area contributed by atoms with Gasteiger partial charge in [-0.25, -0.2) is 0 Å². The highest BCUT2D eigenvalue weighted by molar-refractivity contribution is 5.33. The molecule has 78 valence electrons. The number of phenols is 1. The summed E-state index contributed by atoms with van der Waals surface area (Å²) in [6, 6.07) is 4.39. The Morgan fingerprint density at radius 2 is 1.64 bits per heavy atom. The number of phenolic OH excluding ortho intramolecular Hbond substituents is 1. The quantitative estimate of drug-likeness (QED) is 0.642. The van der Waals surface area contributed by atoms with Crippen LogP contribution in [0.5, 0.6) is 5.75 Å². The molecule has 1 aromatic carbocycles. The Labute approximate surface area is 77.4 Å². The van der Waals surface area contributed by atoms with Crippen LogP contribution in [0.1, 0.15) is 5.56 Å². The molecule has 0 aliphatic carbocycles. The maximum Gasteiger partial charge on any atom is 0.419 e. The van der Waals surface area contributed by atoms with Crippen molar-refractivity contribution in [3.05, 3.63) is 29.8 Å². The number of rotatable bonds is 0. The van der Waals surface area contributed by atoms with E-state index in [0.717, 1.165) is 12.1 Å². The van der Waals surface area contributed by atoms with E-state index in [1.54, 1.807) is 0 Å². The molecule has 0 aromatic heterocycles. The summed E-state index contributed by atoms with van der Waals surface area (Å²) in [7, 11) is 0. The lowest BCUT2D eigenvalue weighted by molar-refractivity contribution is -0.138. The molecule has 1 aromatic rings. The van der Waals surface area contributed by atoms with E-state index in [2.05, 4.69) is 0 Å². The predicted octanol–water partition coefficient (Wildman–Crippen LogP) is 2.11. The summed E-state index contributed by atoms with van der Waals surface area (Å²) < 4.78 is 35.7. The summed E-state index contributed by atoms with van der Waals surface area (Å²) in [5.74, 6) is -0.736. The largest absolute Gasteiger partial charge is 0.507 e. The average molecular weight is 208 g/mol. The maximum atomic E-state index is 11.9. The highest BCUT2D eigenvalue weighted by Gasteiger charge is 2.33. The third kappa shape index (κ3) is 3.79. The highest BCUT2D eigenvalue weighted by atomic mass is 19.4. The molecule has 6 heteroatoms. The molecule has 2 N–H and O–H groups in total. The van der Waals surface area contributed by atoms with Gasteiger partial charge in [-0.05, 0) is 12.1 Å². The number of carbonyl (C=O) groups is 1. The number of hydrogen-bond acceptors (Lipinski definition) is 2. The first-order valence-corrected chi connectivity index (χ1v) is 3.36. The molecular formula is C8H7F3O3. The number of alkyl halides is 3. The number of hydrogen-bond donors (Lipinski definition) is 2. The van der Waals surface area contributed by atoms with Gasteiger partial charge in [-0.15, -0.1) is 0 Å². The molecule has 0 unspecified atom stereocenters. The van der Waals surface area contributed by atoms with Gasteiger partial charge in [0, 0.05) is 0 Å². The Bertz CT molecular complexity index is 296. The molecule has 3 nitrogen and oxygen atoms in total. The first kappa shape index (κ1) is 12.3. The molecule has 0 heterocycles.